The van der Waals surface area contributed by atoms with Crippen molar-refractivity contribution in [3.63, 3.8) is 0 Å². The van der Waals surface area contributed by atoms with E-state index in [0.29, 0.717) is 6.07 Å². The van der Waals surface area contributed by atoms with E-state index in [1.165, 1.54) is 12.1 Å². The Hall–Kier alpha value is -1.75. The average Bonchev–Trinajstić information content (AvgIpc) is 3.30. The number of carbonyl (C=O) groups excluding carboxylic acids is 2. The van der Waals surface area contributed by atoms with Crippen LogP contribution >= 0.6 is 46.4 Å². The van der Waals surface area contributed by atoms with Gasteiger partial charge in [-0.15, -0.1) is 23.2 Å². The molecule has 1 amide bonds. The van der Waals surface area contributed by atoms with Crippen LogP contribution in [-0.2, 0) is 11.0 Å². The molecule has 0 aromatic heterocycles. The fourth-order valence-electron chi connectivity index (χ4n) is 3.49. The first-order chi connectivity index (χ1) is 15.9. The molecule has 0 heterocycles. The molecule has 1 aliphatic rings. The monoisotopic (exact) mass is 583 g/mol. The van der Waals surface area contributed by atoms with E-state index in [1.54, 1.807) is 0 Å². The Bertz CT molecular complexity index is 1180. The average molecular weight is 585 g/mol. The van der Waals surface area contributed by atoms with Crippen molar-refractivity contribution in [3.8, 4) is 0 Å². The van der Waals surface area contributed by atoms with Crippen LogP contribution in [0.15, 0.2) is 30.3 Å². The lowest BCUT2D eigenvalue weighted by Gasteiger charge is -2.16. The Balaban J connectivity index is 1.90. The Morgan fingerprint density at radius 2 is 1.63 bits per heavy atom. The minimum atomic E-state index is -5.09. The molecular weight excluding hydrogens is 573 g/mol. The summed E-state index contributed by atoms with van der Waals surface area (Å²) in [4.78, 5) is 25.0. The predicted octanol–water partition coefficient (Wildman–Crippen LogP) is 8.20. The molecule has 0 saturated heterocycles. The number of alkyl halides is 8. The van der Waals surface area contributed by atoms with Gasteiger partial charge in [0.25, 0.3) is 0 Å². The number of Topliss-reactive ketones (excluding diaryl/α,β-unsaturated/α-hetero) is 1. The Morgan fingerprint density at radius 3 is 2.17 bits per heavy atom. The van der Waals surface area contributed by atoms with Crippen molar-refractivity contribution in [1.82, 2.24) is 0 Å². The van der Waals surface area contributed by atoms with Crippen LogP contribution in [0.3, 0.4) is 0 Å². The molecule has 1 fully saturated rings. The molecule has 190 valence electrons. The predicted molar refractivity (Wildman–Crippen MR) is 117 cm³/mol. The molecule has 3 rings (SSSR count). The summed E-state index contributed by atoms with van der Waals surface area (Å²) in [6.07, 6.45) is -12.5. The molecule has 0 radical (unpaired) electrons. The highest BCUT2D eigenvalue weighted by Gasteiger charge is 2.67. The summed E-state index contributed by atoms with van der Waals surface area (Å²) in [5.41, 5.74) is -2.65. The van der Waals surface area contributed by atoms with Gasteiger partial charge in [-0.25, -0.2) is 4.39 Å². The number of carbonyl (C=O) groups is 2. The number of rotatable bonds is 6. The number of amides is 1. The summed E-state index contributed by atoms with van der Waals surface area (Å²) in [6.45, 7) is 0. The van der Waals surface area contributed by atoms with Gasteiger partial charge in [0, 0.05) is 23.6 Å². The van der Waals surface area contributed by atoms with Crippen LogP contribution in [0.25, 0.3) is 0 Å². The van der Waals surface area contributed by atoms with Gasteiger partial charge in [-0.3, -0.25) is 9.59 Å². The molecule has 35 heavy (non-hydrogen) atoms. The van der Waals surface area contributed by atoms with Crippen molar-refractivity contribution >= 4 is 63.8 Å². The second-order valence-corrected chi connectivity index (χ2v) is 9.94. The summed E-state index contributed by atoms with van der Waals surface area (Å²) in [5, 5.41) is 0.773. The van der Waals surface area contributed by atoms with E-state index in [0.717, 1.165) is 12.1 Å². The molecule has 0 spiro atoms. The van der Waals surface area contributed by atoms with Crippen molar-refractivity contribution in [3.05, 3.63) is 62.9 Å². The molecule has 2 atom stereocenters. The van der Waals surface area contributed by atoms with Crippen LogP contribution in [0.5, 0.6) is 0 Å². The van der Waals surface area contributed by atoms with Crippen LogP contribution in [0, 0.1) is 11.7 Å². The number of ketones is 1. The lowest BCUT2D eigenvalue weighted by molar-refractivity contribution is -0.137. The van der Waals surface area contributed by atoms with E-state index in [2.05, 4.69) is 5.32 Å². The largest absolute Gasteiger partial charge is 0.417 e. The van der Waals surface area contributed by atoms with Crippen LogP contribution < -0.4 is 5.32 Å². The minimum absolute atomic E-state index is 0.271. The highest BCUT2D eigenvalue weighted by Crippen LogP contribution is 2.65. The molecule has 2 unspecified atom stereocenters. The maximum Gasteiger partial charge on any atom is 0.417 e. The van der Waals surface area contributed by atoms with Gasteiger partial charge in [-0.1, -0.05) is 29.3 Å². The zero-order chi connectivity index (χ0) is 26.5. The van der Waals surface area contributed by atoms with Gasteiger partial charge in [-0.05, 0) is 29.8 Å². The summed E-state index contributed by atoms with van der Waals surface area (Å²) in [6, 6.07) is 4.65. The van der Waals surface area contributed by atoms with E-state index in [4.69, 9.17) is 46.4 Å². The van der Waals surface area contributed by atoms with Gasteiger partial charge in [-0.2, -0.15) is 26.3 Å². The topological polar surface area (TPSA) is 46.2 Å². The number of hydrogen-bond donors (Lipinski definition) is 1. The van der Waals surface area contributed by atoms with E-state index >= 15 is 0 Å². The van der Waals surface area contributed by atoms with E-state index in [-0.39, 0.29) is 10.6 Å². The molecule has 0 bridgehead atoms. The summed E-state index contributed by atoms with van der Waals surface area (Å²) >= 11 is 23.7. The minimum Gasteiger partial charge on any atom is -0.326 e. The van der Waals surface area contributed by atoms with Crippen molar-refractivity contribution in [2.75, 3.05) is 5.32 Å². The third-order valence-corrected chi connectivity index (χ3v) is 6.86. The van der Waals surface area contributed by atoms with Crippen molar-refractivity contribution in [1.29, 1.82) is 0 Å². The number of anilines is 1. The first kappa shape index (κ1) is 27.8. The van der Waals surface area contributed by atoms with Crippen LogP contribution in [0.2, 0.25) is 10.0 Å². The number of benzene rings is 2. The Morgan fingerprint density at radius 1 is 1.00 bits per heavy atom. The van der Waals surface area contributed by atoms with Gasteiger partial charge in [0.1, 0.15) is 10.2 Å². The van der Waals surface area contributed by atoms with Crippen molar-refractivity contribution in [2.45, 2.75) is 35.4 Å². The van der Waals surface area contributed by atoms with Gasteiger partial charge in [0.15, 0.2) is 5.78 Å². The van der Waals surface area contributed by atoms with Crippen LogP contribution in [-0.4, -0.2) is 22.2 Å². The van der Waals surface area contributed by atoms with Gasteiger partial charge >= 0.3 is 12.4 Å². The van der Waals surface area contributed by atoms with Gasteiger partial charge in [0.05, 0.1) is 27.9 Å². The highest BCUT2D eigenvalue weighted by atomic mass is 35.5. The second-order valence-electron chi connectivity index (χ2n) is 7.71. The number of nitrogens with one attached hydrogen (secondary N) is 1. The summed E-state index contributed by atoms with van der Waals surface area (Å²) in [5.74, 6) is -5.10. The van der Waals surface area contributed by atoms with Crippen molar-refractivity contribution < 1.29 is 40.3 Å². The maximum absolute atomic E-state index is 13.5. The third kappa shape index (κ3) is 6.15. The summed E-state index contributed by atoms with van der Waals surface area (Å²) in [7, 11) is 0. The first-order valence-corrected chi connectivity index (χ1v) is 11.1. The fraction of sp³-hybridized carbons (Fsp3) is 0.333. The molecule has 1 N–H and O–H groups in total. The van der Waals surface area contributed by atoms with E-state index in [1.807, 2.05) is 0 Å². The Kier molecular flexibility index (Phi) is 7.64. The van der Waals surface area contributed by atoms with Crippen molar-refractivity contribution in [2.24, 2.45) is 5.92 Å². The summed E-state index contributed by atoms with van der Waals surface area (Å²) < 4.78 is 89.5. The molecule has 2 aromatic carbocycles. The molecule has 14 heteroatoms. The molecule has 1 saturated carbocycles. The highest BCUT2D eigenvalue weighted by molar-refractivity contribution is 6.53. The molecular formula is C21H12Cl4F7NO2. The molecule has 2 aromatic rings. The van der Waals surface area contributed by atoms with Crippen LogP contribution in [0.4, 0.5) is 36.4 Å². The normalized spacial score (nSPS) is 19.4. The molecule has 1 aliphatic carbocycles. The lowest BCUT2D eigenvalue weighted by Crippen LogP contribution is -2.19. The fourth-order valence-corrected chi connectivity index (χ4v) is 4.83. The van der Waals surface area contributed by atoms with Gasteiger partial charge < -0.3 is 5.32 Å². The zero-order valence-corrected chi connectivity index (χ0v) is 20.0. The zero-order valence-electron chi connectivity index (χ0n) is 16.9. The number of halogens is 11. The smallest absolute Gasteiger partial charge is 0.326 e. The molecule has 3 nitrogen and oxygen atoms in total. The standard InChI is InChI=1S/C21H12Cl4F7NO2/c22-12-5-8(1-2-13(12)26)15-16(20(15,24)25)18(35)33-9-6-10(14(34)3-4-19(27,28)29)17(23)11(7-9)21(30,31)32/h1-2,5-7,15-16H,3-4H2,(H,33,35). The maximum atomic E-state index is 13.5. The van der Waals surface area contributed by atoms with Gasteiger partial charge in [0.2, 0.25) is 5.91 Å². The second kappa shape index (κ2) is 9.61. The first-order valence-electron chi connectivity index (χ1n) is 9.57. The Labute approximate surface area is 213 Å². The SMILES string of the molecule is O=C(CCC(F)(F)F)c1cc(NC(=O)C2C(c3ccc(F)c(Cl)c3)C2(Cl)Cl)cc(C(F)(F)F)c1Cl. The number of hydrogen-bond acceptors (Lipinski definition) is 2. The lowest BCUT2D eigenvalue weighted by atomic mass is 10.0. The third-order valence-electron chi connectivity index (χ3n) is 5.22. The van der Waals surface area contributed by atoms with E-state index in [9.17, 15) is 40.3 Å². The van der Waals surface area contributed by atoms with Crippen LogP contribution in [0.1, 0.15) is 40.2 Å². The molecule has 0 aliphatic heterocycles. The van der Waals surface area contributed by atoms with E-state index < -0.39 is 80.7 Å². The quantitative estimate of drug-likeness (QED) is 0.211.